The molecule has 0 bridgehead atoms. The summed E-state index contributed by atoms with van der Waals surface area (Å²) in [6.07, 6.45) is 0.459. The molecule has 0 spiro atoms. The van der Waals surface area contributed by atoms with E-state index < -0.39 is 0 Å². The van der Waals surface area contributed by atoms with Gasteiger partial charge in [-0.2, -0.15) is 0 Å². The molecule has 0 amide bonds. The van der Waals surface area contributed by atoms with Crippen molar-refractivity contribution in [3.05, 3.63) is 22.2 Å². The van der Waals surface area contributed by atoms with Gasteiger partial charge in [0, 0.05) is 37.8 Å². The number of methoxy groups -OCH3 is 2. The predicted octanol–water partition coefficient (Wildman–Crippen LogP) is 2.77. The first-order valence-electron chi connectivity index (χ1n) is 7.13. The number of nitrogens with one attached hydrogen (secondary N) is 1. The van der Waals surface area contributed by atoms with Crippen LogP contribution in [0.25, 0.3) is 0 Å². The number of halogens is 2. The van der Waals surface area contributed by atoms with Crippen molar-refractivity contribution in [3.63, 3.8) is 0 Å². The van der Waals surface area contributed by atoms with E-state index in [1.165, 1.54) is 0 Å². The monoisotopic (exact) mass is 360 g/mol. The molecule has 1 aliphatic rings. The molecule has 0 radical (unpaired) electrons. The van der Waals surface area contributed by atoms with Crippen LogP contribution in [0.4, 0.5) is 4.39 Å². The summed E-state index contributed by atoms with van der Waals surface area (Å²) < 4.78 is 24.8. The first-order chi connectivity index (χ1) is 10.2. The minimum absolute atomic E-state index is 0.00838. The van der Waals surface area contributed by atoms with Crippen molar-refractivity contribution < 1.29 is 13.9 Å². The smallest absolute Gasteiger partial charge is 0.133 e. The Morgan fingerprint density at radius 3 is 2.48 bits per heavy atom. The van der Waals surface area contributed by atoms with Crippen molar-refractivity contribution in [2.45, 2.75) is 12.5 Å². The van der Waals surface area contributed by atoms with Crippen molar-refractivity contribution in [1.29, 1.82) is 0 Å². The lowest BCUT2D eigenvalue weighted by atomic mass is 10.00. The van der Waals surface area contributed by atoms with Crippen LogP contribution in [0, 0.1) is 0 Å². The molecule has 1 atom stereocenters. The van der Waals surface area contributed by atoms with Gasteiger partial charge in [-0.3, -0.25) is 9.29 Å². The second-order valence-electron chi connectivity index (χ2n) is 5.01. The Bertz CT molecular complexity index is 467. The Hall–Kier alpha value is -0.850. The van der Waals surface area contributed by atoms with Crippen molar-refractivity contribution >= 4 is 15.9 Å². The van der Waals surface area contributed by atoms with Gasteiger partial charge in [-0.05, 0) is 34.5 Å². The van der Waals surface area contributed by atoms with E-state index in [2.05, 4.69) is 26.1 Å². The molecule has 4 nitrogen and oxygen atoms in total. The average Bonchev–Trinajstić information content (AvgIpc) is 2.53. The fraction of sp³-hybridized carbons (Fsp3) is 0.600. The highest BCUT2D eigenvalue weighted by Crippen LogP contribution is 2.39. The zero-order valence-electron chi connectivity index (χ0n) is 12.5. The maximum atomic E-state index is 13.1. The lowest BCUT2D eigenvalue weighted by Gasteiger charge is -2.35. The second-order valence-corrected chi connectivity index (χ2v) is 5.86. The zero-order chi connectivity index (χ0) is 15.2. The number of rotatable bonds is 6. The molecular weight excluding hydrogens is 339 g/mol. The highest BCUT2D eigenvalue weighted by atomic mass is 79.9. The summed E-state index contributed by atoms with van der Waals surface area (Å²) in [6.45, 7) is 3.33. The molecule has 21 heavy (non-hydrogen) atoms. The van der Waals surface area contributed by atoms with Gasteiger partial charge >= 0.3 is 0 Å². The Balaban J connectivity index is 2.37. The Kier molecular flexibility index (Phi) is 6.26. The molecule has 0 unspecified atom stereocenters. The molecule has 118 valence electrons. The predicted molar refractivity (Wildman–Crippen MR) is 85.0 cm³/mol. The van der Waals surface area contributed by atoms with Gasteiger partial charge in [0.15, 0.2) is 0 Å². The first kappa shape index (κ1) is 16.5. The van der Waals surface area contributed by atoms with Gasteiger partial charge in [0.25, 0.3) is 0 Å². The lowest BCUT2D eigenvalue weighted by molar-refractivity contribution is 0.154. The van der Waals surface area contributed by atoms with E-state index in [-0.39, 0.29) is 12.7 Å². The van der Waals surface area contributed by atoms with E-state index in [1.54, 1.807) is 14.2 Å². The number of benzene rings is 1. The van der Waals surface area contributed by atoms with Crippen molar-refractivity contribution in [1.82, 2.24) is 10.2 Å². The molecule has 1 aromatic rings. The highest BCUT2D eigenvalue weighted by molar-refractivity contribution is 9.10. The first-order valence-corrected chi connectivity index (χ1v) is 7.92. The van der Waals surface area contributed by atoms with Gasteiger partial charge in [0.2, 0.25) is 0 Å². The lowest BCUT2D eigenvalue weighted by Crippen LogP contribution is -2.45. The Labute approximate surface area is 133 Å². The quantitative estimate of drug-likeness (QED) is 0.845. The number of piperazine rings is 1. The number of nitrogens with zero attached hydrogens (tertiary/aromatic N) is 1. The minimum atomic E-state index is -0.351. The topological polar surface area (TPSA) is 33.7 Å². The maximum absolute atomic E-state index is 13.1. The van der Waals surface area contributed by atoms with Crippen molar-refractivity contribution in [2.75, 3.05) is 47.1 Å². The average molecular weight is 361 g/mol. The molecule has 1 heterocycles. The fourth-order valence-electron chi connectivity index (χ4n) is 2.78. The SMILES string of the molecule is COc1cc([C@H](CCF)N2CCNCC2)c(OC)cc1Br. The zero-order valence-corrected chi connectivity index (χ0v) is 14.1. The van der Waals surface area contributed by atoms with Crippen LogP contribution >= 0.6 is 15.9 Å². The molecule has 1 N–H and O–H groups in total. The van der Waals surface area contributed by atoms with Crippen LogP contribution in [0.1, 0.15) is 18.0 Å². The van der Waals surface area contributed by atoms with E-state index in [0.29, 0.717) is 6.42 Å². The van der Waals surface area contributed by atoms with Gasteiger partial charge in [-0.1, -0.05) is 0 Å². The summed E-state index contributed by atoms with van der Waals surface area (Å²) in [5, 5.41) is 3.32. The molecule has 1 saturated heterocycles. The van der Waals surface area contributed by atoms with Gasteiger partial charge in [0.1, 0.15) is 11.5 Å². The molecule has 6 heteroatoms. The number of alkyl halides is 1. The summed E-state index contributed by atoms with van der Waals surface area (Å²) in [5.41, 5.74) is 0.983. The van der Waals surface area contributed by atoms with Gasteiger partial charge in [-0.15, -0.1) is 0 Å². The molecule has 1 aliphatic heterocycles. The van der Waals surface area contributed by atoms with Crippen LogP contribution < -0.4 is 14.8 Å². The fourth-order valence-corrected chi connectivity index (χ4v) is 3.26. The van der Waals surface area contributed by atoms with Crippen LogP contribution in [-0.2, 0) is 0 Å². The van der Waals surface area contributed by atoms with Crippen LogP contribution in [0.5, 0.6) is 11.5 Å². The number of ether oxygens (including phenoxy) is 2. The van der Waals surface area contributed by atoms with Crippen molar-refractivity contribution in [2.24, 2.45) is 0 Å². The second kappa shape index (κ2) is 7.96. The van der Waals surface area contributed by atoms with Crippen molar-refractivity contribution in [3.8, 4) is 11.5 Å². The van der Waals surface area contributed by atoms with Gasteiger partial charge in [0.05, 0.1) is 25.4 Å². The number of hydrogen-bond donors (Lipinski definition) is 1. The molecule has 0 aromatic heterocycles. The van der Waals surface area contributed by atoms with Crippen LogP contribution in [0.2, 0.25) is 0 Å². The molecule has 2 rings (SSSR count). The third-order valence-electron chi connectivity index (χ3n) is 3.84. The van der Waals surface area contributed by atoms with E-state index >= 15 is 0 Å². The molecular formula is C15H22BrFN2O2. The Morgan fingerprint density at radius 2 is 1.90 bits per heavy atom. The summed E-state index contributed by atoms with van der Waals surface area (Å²) in [5.74, 6) is 1.50. The molecule has 0 saturated carbocycles. The van der Waals surface area contributed by atoms with E-state index in [1.807, 2.05) is 12.1 Å². The van der Waals surface area contributed by atoms with Crippen LogP contribution in [0.15, 0.2) is 16.6 Å². The summed E-state index contributed by atoms with van der Waals surface area (Å²) in [6, 6.07) is 3.85. The third kappa shape index (κ3) is 3.87. The van der Waals surface area contributed by atoms with Gasteiger partial charge in [-0.25, -0.2) is 0 Å². The molecule has 1 fully saturated rings. The molecule has 0 aliphatic carbocycles. The summed E-state index contributed by atoms with van der Waals surface area (Å²) in [7, 11) is 3.27. The highest BCUT2D eigenvalue weighted by Gasteiger charge is 2.26. The molecule has 1 aromatic carbocycles. The Morgan fingerprint density at radius 1 is 1.24 bits per heavy atom. The van der Waals surface area contributed by atoms with E-state index in [4.69, 9.17) is 9.47 Å². The maximum Gasteiger partial charge on any atom is 0.133 e. The third-order valence-corrected chi connectivity index (χ3v) is 4.46. The number of hydrogen-bond acceptors (Lipinski definition) is 4. The van der Waals surface area contributed by atoms with Crippen LogP contribution in [-0.4, -0.2) is 52.0 Å². The standard InChI is InChI=1S/C15H22BrFN2O2/c1-20-14-10-12(16)15(21-2)9-11(14)13(3-4-17)19-7-5-18-6-8-19/h9-10,13,18H,3-8H2,1-2H3/t13-/m0/s1. The van der Waals surface area contributed by atoms with E-state index in [0.717, 1.165) is 47.7 Å². The summed E-state index contributed by atoms with van der Waals surface area (Å²) >= 11 is 3.46. The van der Waals surface area contributed by atoms with Crippen LogP contribution in [0.3, 0.4) is 0 Å². The van der Waals surface area contributed by atoms with E-state index in [9.17, 15) is 4.39 Å². The normalized spacial score (nSPS) is 17.5. The van der Waals surface area contributed by atoms with Gasteiger partial charge < -0.3 is 14.8 Å². The summed E-state index contributed by atoms with van der Waals surface area (Å²) in [4.78, 5) is 2.31. The largest absolute Gasteiger partial charge is 0.496 e. The minimum Gasteiger partial charge on any atom is -0.496 e.